The number of amides is 2. The van der Waals surface area contributed by atoms with Crippen LogP contribution in [-0.2, 0) is 25.2 Å². The minimum atomic E-state index is -1.61. The van der Waals surface area contributed by atoms with Gasteiger partial charge in [0.15, 0.2) is 5.78 Å². The number of allylic oxidation sites excluding steroid dienone is 2. The zero-order chi connectivity index (χ0) is 33.4. The van der Waals surface area contributed by atoms with E-state index in [1.165, 1.54) is 24.3 Å². The number of carbonyl (C=O) groups is 3. The summed E-state index contributed by atoms with van der Waals surface area (Å²) in [5.41, 5.74) is 0.645. The molecule has 1 saturated carbocycles. The predicted octanol–water partition coefficient (Wildman–Crippen LogP) is 8.09. The maximum atomic E-state index is 15.9. The quantitative estimate of drug-likeness (QED) is 0.103. The number of ketones is 1. The molecule has 8 rings (SSSR count). The van der Waals surface area contributed by atoms with Gasteiger partial charge < -0.3 is 0 Å². The van der Waals surface area contributed by atoms with Gasteiger partial charge in [0.2, 0.25) is 11.8 Å². The summed E-state index contributed by atoms with van der Waals surface area (Å²) in [5, 5.41) is 12.3. The standard InChI is InChI=1S/C39H24Cl2N2O5/c40-27-15-11-25(12-16-27)38-31(23-7-3-1-4-8-23)32(24-9-5-2-6-10-24)39(37(38)46,26-13-17-28(41)18-14-26)34-33(38)35(44)42(36(34)45)29-19-21-30(22-20-29)43(47)48/h1-22,33-34H/t33-,34+,38-,39-/m1/s1. The predicted molar refractivity (Wildman–Crippen MR) is 184 cm³/mol. The molecule has 2 bridgehead atoms. The Bertz CT molecular complexity index is 2060. The van der Waals surface area contributed by atoms with Gasteiger partial charge in [0.05, 0.1) is 33.3 Å². The third kappa shape index (κ3) is 3.86. The van der Waals surface area contributed by atoms with Crippen LogP contribution in [0.1, 0.15) is 22.3 Å². The van der Waals surface area contributed by atoms with Crippen LogP contribution in [0.25, 0.3) is 11.1 Å². The SMILES string of the molecule is O=C1[C@@H]2[C@H](C(=O)N1c1ccc([N+](=O)[O-])cc1)[C@]1(c3ccc(Cl)cc3)C(=O)[C@]2(c2ccc(Cl)cc2)C(c2ccccc2)=C1c1ccccc1. The van der Waals surface area contributed by atoms with Gasteiger partial charge in [-0.2, -0.15) is 0 Å². The van der Waals surface area contributed by atoms with Crippen molar-refractivity contribution in [2.75, 3.05) is 4.90 Å². The molecule has 48 heavy (non-hydrogen) atoms. The lowest BCUT2D eigenvalue weighted by Crippen LogP contribution is -2.45. The zero-order valence-electron chi connectivity index (χ0n) is 25.0. The second-order valence-corrected chi connectivity index (χ2v) is 13.1. The summed E-state index contributed by atoms with van der Waals surface area (Å²) in [6.45, 7) is 0. The average molecular weight is 672 g/mol. The van der Waals surface area contributed by atoms with Gasteiger partial charge in [-0.05, 0) is 69.8 Å². The number of carbonyl (C=O) groups excluding carboxylic acids is 3. The van der Waals surface area contributed by atoms with Crippen LogP contribution in [0.3, 0.4) is 0 Å². The van der Waals surface area contributed by atoms with Gasteiger partial charge in [0.25, 0.3) is 5.69 Å². The van der Waals surface area contributed by atoms with Crippen molar-refractivity contribution in [3.63, 3.8) is 0 Å². The highest BCUT2D eigenvalue weighted by Crippen LogP contribution is 2.74. The van der Waals surface area contributed by atoms with E-state index in [1.807, 2.05) is 60.7 Å². The molecule has 1 aliphatic heterocycles. The lowest BCUT2D eigenvalue weighted by atomic mass is 9.59. The summed E-state index contributed by atoms with van der Waals surface area (Å²) < 4.78 is 0. The molecule has 4 atom stereocenters. The van der Waals surface area contributed by atoms with Crippen molar-refractivity contribution in [2.24, 2.45) is 11.8 Å². The smallest absolute Gasteiger partial charge is 0.269 e. The highest BCUT2D eigenvalue weighted by Gasteiger charge is 2.82. The van der Waals surface area contributed by atoms with E-state index < -0.39 is 39.4 Å². The molecule has 5 aromatic rings. The maximum absolute atomic E-state index is 15.9. The lowest BCUT2D eigenvalue weighted by Gasteiger charge is -2.39. The van der Waals surface area contributed by atoms with Crippen molar-refractivity contribution in [3.05, 3.63) is 176 Å². The fourth-order valence-electron chi connectivity index (χ4n) is 8.34. The molecule has 3 aliphatic rings. The number of nitrogens with zero attached hydrogens (tertiary/aromatic N) is 2. The second kappa shape index (κ2) is 10.8. The molecule has 2 amide bonds. The average Bonchev–Trinajstić information content (AvgIpc) is 3.61. The number of nitro benzene ring substituents is 1. The van der Waals surface area contributed by atoms with Crippen molar-refractivity contribution in [1.29, 1.82) is 0 Å². The molecule has 234 valence electrons. The highest BCUT2D eigenvalue weighted by atomic mass is 35.5. The van der Waals surface area contributed by atoms with E-state index in [0.29, 0.717) is 32.3 Å². The van der Waals surface area contributed by atoms with Crippen LogP contribution in [0.4, 0.5) is 11.4 Å². The van der Waals surface area contributed by atoms with Crippen LogP contribution in [0, 0.1) is 22.0 Å². The van der Waals surface area contributed by atoms with Gasteiger partial charge in [-0.25, -0.2) is 4.90 Å². The molecule has 1 heterocycles. The van der Waals surface area contributed by atoms with Crippen molar-refractivity contribution < 1.29 is 19.3 Å². The summed E-state index contributed by atoms with van der Waals surface area (Å²) >= 11 is 12.8. The first-order valence-electron chi connectivity index (χ1n) is 15.3. The fourth-order valence-corrected chi connectivity index (χ4v) is 8.59. The van der Waals surface area contributed by atoms with Gasteiger partial charge in [0.1, 0.15) is 0 Å². The molecule has 2 aliphatic carbocycles. The molecule has 0 N–H and O–H groups in total. The van der Waals surface area contributed by atoms with E-state index in [2.05, 4.69) is 0 Å². The fraction of sp³-hybridized carbons (Fsp3) is 0.103. The minimum absolute atomic E-state index is 0.178. The van der Waals surface area contributed by atoms with Crippen LogP contribution in [0.15, 0.2) is 133 Å². The number of non-ortho nitro benzene ring substituents is 1. The summed E-state index contributed by atoms with van der Waals surface area (Å²) in [4.78, 5) is 57.9. The number of hydrogen-bond acceptors (Lipinski definition) is 5. The van der Waals surface area contributed by atoms with Crippen molar-refractivity contribution in [2.45, 2.75) is 10.8 Å². The summed E-state index contributed by atoms with van der Waals surface area (Å²) in [6, 6.07) is 38.1. The molecule has 2 fully saturated rings. The third-order valence-electron chi connectivity index (χ3n) is 10.0. The van der Waals surface area contributed by atoms with Crippen molar-refractivity contribution in [3.8, 4) is 0 Å². The van der Waals surface area contributed by atoms with Crippen LogP contribution in [-0.4, -0.2) is 22.5 Å². The van der Waals surface area contributed by atoms with Crippen molar-refractivity contribution in [1.82, 2.24) is 0 Å². The zero-order valence-corrected chi connectivity index (χ0v) is 26.6. The van der Waals surface area contributed by atoms with Gasteiger partial charge >= 0.3 is 0 Å². The lowest BCUT2D eigenvalue weighted by molar-refractivity contribution is -0.384. The summed E-state index contributed by atoms with van der Waals surface area (Å²) in [5.74, 6) is -3.69. The highest BCUT2D eigenvalue weighted by molar-refractivity contribution is 6.39. The first kappa shape index (κ1) is 30.0. The van der Waals surface area contributed by atoms with E-state index >= 15 is 4.79 Å². The number of benzene rings is 5. The largest absolute Gasteiger partial charge is 0.297 e. The number of Topliss-reactive ketones (excluding diaryl/α,β-unsaturated/α-hetero) is 1. The van der Waals surface area contributed by atoms with E-state index in [4.69, 9.17) is 23.2 Å². The van der Waals surface area contributed by atoms with Crippen LogP contribution in [0.5, 0.6) is 0 Å². The maximum Gasteiger partial charge on any atom is 0.269 e. The van der Waals surface area contributed by atoms with E-state index in [1.54, 1.807) is 48.5 Å². The number of hydrogen-bond donors (Lipinski definition) is 0. The first-order valence-corrected chi connectivity index (χ1v) is 16.0. The Balaban J connectivity index is 1.52. The number of imide groups is 1. The van der Waals surface area contributed by atoms with E-state index in [-0.39, 0.29) is 17.2 Å². The Morgan fingerprint density at radius 2 is 0.958 bits per heavy atom. The summed E-state index contributed by atoms with van der Waals surface area (Å²) in [6.07, 6.45) is 0. The molecule has 5 aromatic carbocycles. The van der Waals surface area contributed by atoms with E-state index in [9.17, 15) is 19.7 Å². The molecule has 1 saturated heterocycles. The topological polar surface area (TPSA) is 97.6 Å². The molecule has 9 heteroatoms. The molecule has 0 radical (unpaired) electrons. The molecule has 7 nitrogen and oxygen atoms in total. The van der Waals surface area contributed by atoms with Gasteiger partial charge in [-0.1, -0.05) is 108 Å². The first-order chi connectivity index (χ1) is 23.2. The number of fused-ring (bicyclic) bond motifs is 5. The molecule has 0 aromatic heterocycles. The van der Waals surface area contributed by atoms with E-state index in [0.717, 1.165) is 16.0 Å². The molecular weight excluding hydrogens is 647 g/mol. The Kier molecular flexibility index (Phi) is 6.77. The Morgan fingerprint density at radius 3 is 1.33 bits per heavy atom. The Morgan fingerprint density at radius 1 is 0.562 bits per heavy atom. The van der Waals surface area contributed by atoms with Crippen LogP contribution in [0.2, 0.25) is 10.0 Å². The van der Waals surface area contributed by atoms with Gasteiger partial charge in [-0.3, -0.25) is 24.5 Å². The van der Waals surface area contributed by atoms with Gasteiger partial charge in [0, 0.05) is 22.2 Å². The number of anilines is 1. The summed E-state index contributed by atoms with van der Waals surface area (Å²) in [7, 11) is 0. The van der Waals surface area contributed by atoms with Crippen LogP contribution < -0.4 is 4.90 Å². The normalized spacial score (nSPS) is 24.4. The molecule has 0 spiro atoms. The van der Waals surface area contributed by atoms with Crippen molar-refractivity contribution >= 4 is 63.3 Å². The minimum Gasteiger partial charge on any atom is -0.297 e. The third-order valence-corrected chi connectivity index (χ3v) is 10.5. The molecular formula is C39H24Cl2N2O5. The number of nitro groups is 1. The van der Waals surface area contributed by atoms with Gasteiger partial charge in [-0.15, -0.1) is 0 Å². The number of rotatable bonds is 6. The molecule has 0 unspecified atom stereocenters. The van der Waals surface area contributed by atoms with Crippen LogP contribution >= 0.6 is 23.2 Å². The monoisotopic (exact) mass is 670 g/mol. The Labute approximate surface area is 285 Å². The Hall–Kier alpha value is -5.37. The second-order valence-electron chi connectivity index (χ2n) is 12.2. The number of halogens is 2.